The van der Waals surface area contributed by atoms with Crippen LogP contribution in [0.15, 0.2) is 116 Å². The summed E-state index contributed by atoms with van der Waals surface area (Å²) in [6.07, 6.45) is 8.43. The fraction of sp³-hybridized carbons (Fsp3) is 0.0278. The summed E-state index contributed by atoms with van der Waals surface area (Å²) >= 11 is 0. The van der Waals surface area contributed by atoms with Crippen LogP contribution < -0.4 is 0 Å². The molecule has 1 aliphatic carbocycles. The number of hydrogen-bond donors (Lipinski definition) is 0. The molecule has 41 heavy (non-hydrogen) atoms. The zero-order valence-corrected chi connectivity index (χ0v) is 21.9. The highest BCUT2D eigenvalue weighted by atomic mass is 15.0. The van der Waals surface area contributed by atoms with E-state index in [-0.39, 0.29) is 0 Å². The van der Waals surface area contributed by atoms with E-state index in [1.165, 1.54) is 60.5 Å². The molecular weight excluding hydrogens is 502 g/mol. The van der Waals surface area contributed by atoms with Gasteiger partial charge in [-0.25, -0.2) is 4.98 Å². The highest BCUT2D eigenvalue weighted by Gasteiger charge is 2.28. The SMILES string of the molecule is c1ccc(-n2c3ccccc3c3c4c(ccc32)-c2ccc3c5cnccc5n5c6cnccc6nc5c3c2C4)cc1. The van der Waals surface area contributed by atoms with Gasteiger partial charge in [-0.3, -0.25) is 14.4 Å². The van der Waals surface area contributed by atoms with Crippen molar-refractivity contribution < 1.29 is 0 Å². The topological polar surface area (TPSA) is 48.0 Å². The fourth-order valence-corrected chi connectivity index (χ4v) is 7.29. The molecule has 0 N–H and O–H groups in total. The van der Waals surface area contributed by atoms with Crippen LogP contribution in [0.25, 0.3) is 77.0 Å². The van der Waals surface area contributed by atoms with Gasteiger partial charge in [0, 0.05) is 52.2 Å². The summed E-state index contributed by atoms with van der Waals surface area (Å²) in [5.41, 5.74) is 13.0. The van der Waals surface area contributed by atoms with Crippen LogP contribution in [0.2, 0.25) is 0 Å². The monoisotopic (exact) mass is 523 g/mol. The van der Waals surface area contributed by atoms with Gasteiger partial charge in [0.25, 0.3) is 0 Å². The van der Waals surface area contributed by atoms with Crippen molar-refractivity contribution in [2.75, 3.05) is 0 Å². The Balaban J connectivity index is 1.34. The van der Waals surface area contributed by atoms with Crippen LogP contribution >= 0.6 is 0 Å². The molecule has 0 spiro atoms. The number of imidazole rings is 1. The van der Waals surface area contributed by atoms with E-state index < -0.39 is 0 Å². The molecule has 4 aromatic carbocycles. The first kappa shape index (κ1) is 21.3. The molecule has 0 bridgehead atoms. The number of aromatic nitrogens is 5. The van der Waals surface area contributed by atoms with Crippen molar-refractivity contribution in [1.29, 1.82) is 0 Å². The van der Waals surface area contributed by atoms with Crippen LogP contribution in [0.3, 0.4) is 0 Å². The quantitative estimate of drug-likeness (QED) is 0.204. The molecule has 5 heteroatoms. The standard InChI is InChI=1S/C36H21N5/c1-2-6-21(7-3-1)40-30-9-5-4-8-25(30)34-26-18-27-22(23(26)12-13-32(34)40)10-11-24-28-19-37-17-15-31(28)41-33-20-38-16-14-29(33)39-36(41)35(24)27/h1-17,19-20H,18H2. The van der Waals surface area contributed by atoms with E-state index in [0.717, 1.165) is 34.0 Å². The second-order valence-electron chi connectivity index (χ2n) is 10.9. The Morgan fingerprint density at radius 3 is 2.24 bits per heavy atom. The lowest BCUT2D eigenvalue weighted by atomic mass is 9.98. The van der Waals surface area contributed by atoms with E-state index in [1.54, 1.807) is 0 Å². The van der Waals surface area contributed by atoms with Crippen molar-refractivity contribution in [3.8, 4) is 16.8 Å². The molecule has 0 aliphatic heterocycles. The van der Waals surface area contributed by atoms with E-state index in [1.807, 2.05) is 30.9 Å². The van der Waals surface area contributed by atoms with Gasteiger partial charge in [-0.15, -0.1) is 0 Å². The van der Waals surface area contributed by atoms with E-state index in [0.29, 0.717) is 0 Å². The number of nitrogens with zero attached hydrogens (tertiary/aromatic N) is 5. The molecule has 10 rings (SSSR count). The molecule has 0 fully saturated rings. The molecule has 9 aromatic rings. The van der Waals surface area contributed by atoms with Crippen molar-refractivity contribution in [1.82, 2.24) is 23.9 Å². The highest BCUT2D eigenvalue weighted by Crippen LogP contribution is 2.48. The van der Waals surface area contributed by atoms with Gasteiger partial charge < -0.3 is 4.57 Å². The molecule has 5 heterocycles. The predicted octanol–water partition coefficient (Wildman–Crippen LogP) is 8.25. The Morgan fingerprint density at radius 2 is 1.32 bits per heavy atom. The first-order chi connectivity index (χ1) is 20.4. The molecule has 0 atom stereocenters. The summed E-state index contributed by atoms with van der Waals surface area (Å²) in [5, 5.41) is 6.15. The molecule has 190 valence electrons. The van der Waals surface area contributed by atoms with E-state index in [9.17, 15) is 0 Å². The zero-order valence-electron chi connectivity index (χ0n) is 21.9. The third kappa shape index (κ3) is 2.63. The van der Waals surface area contributed by atoms with Gasteiger partial charge >= 0.3 is 0 Å². The maximum atomic E-state index is 5.19. The molecule has 0 unspecified atom stereocenters. The largest absolute Gasteiger partial charge is 0.309 e. The predicted molar refractivity (Wildman–Crippen MR) is 166 cm³/mol. The maximum Gasteiger partial charge on any atom is 0.146 e. The second-order valence-corrected chi connectivity index (χ2v) is 10.9. The summed E-state index contributed by atoms with van der Waals surface area (Å²) < 4.78 is 4.67. The van der Waals surface area contributed by atoms with Crippen molar-refractivity contribution in [3.05, 3.63) is 127 Å². The molecule has 0 saturated heterocycles. The normalized spacial score (nSPS) is 12.8. The minimum atomic E-state index is 0.852. The number of benzene rings is 4. The average Bonchev–Trinajstić information content (AvgIpc) is 3.71. The van der Waals surface area contributed by atoms with Gasteiger partial charge in [0.15, 0.2) is 0 Å². The summed E-state index contributed by atoms with van der Waals surface area (Å²) in [4.78, 5) is 14.1. The molecule has 5 nitrogen and oxygen atoms in total. The van der Waals surface area contributed by atoms with Crippen molar-refractivity contribution in [2.45, 2.75) is 6.42 Å². The summed E-state index contributed by atoms with van der Waals surface area (Å²) in [6.45, 7) is 0. The summed E-state index contributed by atoms with van der Waals surface area (Å²) in [6, 6.07) is 32.7. The molecule has 5 aromatic heterocycles. The smallest absolute Gasteiger partial charge is 0.146 e. The van der Waals surface area contributed by atoms with Crippen LogP contribution in [0, 0.1) is 0 Å². The molecule has 1 aliphatic rings. The first-order valence-corrected chi connectivity index (χ1v) is 13.9. The number of para-hydroxylation sites is 2. The lowest BCUT2D eigenvalue weighted by Crippen LogP contribution is -1.95. The minimum absolute atomic E-state index is 0.852. The second kappa shape index (κ2) is 7.55. The van der Waals surface area contributed by atoms with Crippen molar-refractivity contribution in [2.24, 2.45) is 0 Å². The Kier molecular flexibility index (Phi) is 3.92. The van der Waals surface area contributed by atoms with Gasteiger partial charge in [-0.2, -0.15) is 0 Å². The lowest BCUT2D eigenvalue weighted by molar-refractivity contribution is 1.18. The van der Waals surface area contributed by atoms with Gasteiger partial charge in [0.2, 0.25) is 0 Å². The van der Waals surface area contributed by atoms with Gasteiger partial charge in [-0.05, 0) is 64.0 Å². The minimum Gasteiger partial charge on any atom is -0.309 e. The Morgan fingerprint density at radius 1 is 0.537 bits per heavy atom. The molecule has 0 amide bonds. The van der Waals surface area contributed by atoms with Crippen LogP contribution in [-0.4, -0.2) is 23.9 Å². The van der Waals surface area contributed by atoms with Gasteiger partial charge in [-0.1, -0.05) is 54.6 Å². The van der Waals surface area contributed by atoms with E-state index in [4.69, 9.17) is 4.98 Å². The average molecular weight is 524 g/mol. The highest BCUT2D eigenvalue weighted by molar-refractivity contribution is 6.19. The van der Waals surface area contributed by atoms with Crippen molar-refractivity contribution >= 4 is 60.2 Å². The van der Waals surface area contributed by atoms with Gasteiger partial charge in [0.05, 0.1) is 33.8 Å². The number of rotatable bonds is 1. The fourth-order valence-electron chi connectivity index (χ4n) is 7.29. The lowest BCUT2D eigenvalue weighted by Gasteiger charge is -2.12. The third-order valence-electron chi connectivity index (χ3n) is 8.93. The Hall–Kier alpha value is -5.55. The summed E-state index contributed by atoms with van der Waals surface area (Å²) in [5.74, 6) is 0. The Labute approximate surface area is 234 Å². The molecule has 0 saturated carbocycles. The first-order valence-electron chi connectivity index (χ1n) is 13.9. The third-order valence-corrected chi connectivity index (χ3v) is 8.93. The Bertz CT molecular complexity index is 2550. The number of hydrogen-bond acceptors (Lipinski definition) is 3. The van der Waals surface area contributed by atoms with Crippen LogP contribution in [0.4, 0.5) is 0 Å². The van der Waals surface area contributed by atoms with E-state index in [2.05, 4.69) is 104 Å². The van der Waals surface area contributed by atoms with Crippen molar-refractivity contribution in [3.63, 3.8) is 0 Å². The van der Waals surface area contributed by atoms with Crippen LogP contribution in [-0.2, 0) is 6.42 Å². The molecular formula is C36H21N5. The van der Waals surface area contributed by atoms with Gasteiger partial charge in [0.1, 0.15) is 5.65 Å². The van der Waals surface area contributed by atoms with Crippen LogP contribution in [0.1, 0.15) is 11.1 Å². The van der Waals surface area contributed by atoms with E-state index >= 15 is 0 Å². The van der Waals surface area contributed by atoms with Crippen LogP contribution in [0.5, 0.6) is 0 Å². The number of fused-ring (bicyclic) bond motifs is 16. The maximum absolute atomic E-state index is 5.19. The summed E-state index contributed by atoms with van der Waals surface area (Å²) in [7, 11) is 0. The zero-order chi connectivity index (χ0) is 26.7. The number of pyridine rings is 3. The molecule has 0 radical (unpaired) electrons.